The standard InChI is InChI=1S/C21H26N2O2S/c1-5-18(17-10-8-7-9-14(17)3)22-21(26)23-19-13-16(12-11-15(19)4)20(24)25-6-2/h7-13,18H,5-6H2,1-4H3,(H2,22,23,26). The number of anilines is 1. The third-order valence-electron chi connectivity index (χ3n) is 4.27. The van der Waals surface area contributed by atoms with Gasteiger partial charge in [0.2, 0.25) is 0 Å². The number of nitrogens with one attached hydrogen (secondary N) is 2. The molecule has 2 N–H and O–H groups in total. The SMILES string of the molecule is CCOC(=O)c1ccc(C)c(NC(=S)NC(CC)c2ccccc2C)c1. The number of esters is 1. The van der Waals surface area contributed by atoms with Gasteiger partial charge in [-0.3, -0.25) is 0 Å². The van der Waals surface area contributed by atoms with E-state index in [1.807, 2.05) is 25.1 Å². The van der Waals surface area contributed by atoms with Crippen molar-refractivity contribution in [3.63, 3.8) is 0 Å². The fourth-order valence-corrected chi connectivity index (χ4v) is 3.04. The van der Waals surface area contributed by atoms with E-state index in [2.05, 4.69) is 36.6 Å². The molecule has 0 aliphatic rings. The van der Waals surface area contributed by atoms with Crippen LogP contribution in [0.3, 0.4) is 0 Å². The van der Waals surface area contributed by atoms with E-state index >= 15 is 0 Å². The van der Waals surface area contributed by atoms with Gasteiger partial charge in [0.05, 0.1) is 18.2 Å². The number of carbonyl (C=O) groups is 1. The highest BCUT2D eigenvalue weighted by molar-refractivity contribution is 7.80. The van der Waals surface area contributed by atoms with Gasteiger partial charge in [-0.15, -0.1) is 0 Å². The molecule has 1 unspecified atom stereocenters. The first-order valence-electron chi connectivity index (χ1n) is 8.87. The zero-order valence-electron chi connectivity index (χ0n) is 15.8. The van der Waals surface area contributed by atoms with E-state index in [1.165, 1.54) is 11.1 Å². The number of hydrogen-bond donors (Lipinski definition) is 2. The fraction of sp³-hybridized carbons (Fsp3) is 0.333. The summed E-state index contributed by atoms with van der Waals surface area (Å²) in [6.45, 7) is 8.34. The van der Waals surface area contributed by atoms with Crippen molar-refractivity contribution >= 4 is 29.0 Å². The van der Waals surface area contributed by atoms with Gasteiger partial charge in [0.25, 0.3) is 0 Å². The first-order valence-corrected chi connectivity index (χ1v) is 9.27. The van der Waals surface area contributed by atoms with Gasteiger partial charge in [0.1, 0.15) is 0 Å². The molecule has 4 nitrogen and oxygen atoms in total. The molecule has 2 rings (SSSR count). The van der Waals surface area contributed by atoms with Gasteiger partial charge >= 0.3 is 5.97 Å². The average Bonchev–Trinajstić information content (AvgIpc) is 2.62. The van der Waals surface area contributed by atoms with Gasteiger partial charge in [-0.05, 0) is 68.2 Å². The maximum absolute atomic E-state index is 11.9. The van der Waals surface area contributed by atoms with Crippen molar-refractivity contribution < 1.29 is 9.53 Å². The van der Waals surface area contributed by atoms with Crippen LogP contribution in [-0.4, -0.2) is 17.7 Å². The van der Waals surface area contributed by atoms with Gasteiger partial charge in [0, 0.05) is 5.69 Å². The molecule has 0 saturated carbocycles. The molecule has 0 radical (unpaired) electrons. The van der Waals surface area contributed by atoms with E-state index < -0.39 is 0 Å². The molecule has 0 fully saturated rings. The Hall–Kier alpha value is -2.40. The van der Waals surface area contributed by atoms with Crippen LogP contribution in [-0.2, 0) is 4.74 Å². The van der Waals surface area contributed by atoms with Crippen molar-refractivity contribution in [1.29, 1.82) is 0 Å². The third-order valence-corrected chi connectivity index (χ3v) is 4.49. The van der Waals surface area contributed by atoms with E-state index in [0.29, 0.717) is 17.3 Å². The van der Waals surface area contributed by atoms with E-state index in [9.17, 15) is 4.79 Å². The Morgan fingerprint density at radius 3 is 2.50 bits per heavy atom. The summed E-state index contributed by atoms with van der Waals surface area (Å²) in [6.07, 6.45) is 0.911. The van der Waals surface area contributed by atoms with Gasteiger partial charge in [-0.25, -0.2) is 4.79 Å². The summed E-state index contributed by atoms with van der Waals surface area (Å²) in [4.78, 5) is 11.9. The molecule has 0 spiro atoms. The Bertz CT molecular complexity index is 789. The topological polar surface area (TPSA) is 50.4 Å². The van der Waals surface area contributed by atoms with Crippen molar-refractivity contribution in [3.05, 3.63) is 64.7 Å². The first kappa shape index (κ1) is 19.9. The lowest BCUT2D eigenvalue weighted by molar-refractivity contribution is 0.0526. The molecule has 0 heterocycles. The molecule has 0 aromatic heterocycles. The highest BCUT2D eigenvalue weighted by Gasteiger charge is 2.14. The molecular weight excluding hydrogens is 344 g/mol. The lowest BCUT2D eigenvalue weighted by Gasteiger charge is -2.22. The molecule has 0 bridgehead atoms. The number of rotatable bonds is 6. The highest BCUT2D eigenvalue weighted by atomic mass is 32.1. The van der Waals surface area contributed by atoms with E-state index in [0.717, 1.165) is 17.7 Å². The van der Waals surface area contributed by atoms with Crippen LogP contribution >= 0.6 is 12.2 Å². The molecule has 138 valence electrons. The Balaban J connectivity index is 2.12. The lowest BCUT2D eigenvalue weighted by Crippen LogP contribution is -2.32. The molecular formula is C21H26N2O2S. The van der Waals surface area contributed by atoms with Crippen LogP contribution in [0.25, 0.3) is 0 Å². The van der Waals surface area contributed by atoms with Crippen LogP contribution in [0.4, 0.5) is 5.69 Å². The number of aryl methyl sites for hydroxylation is 2. The molecule has 0 aliphatic carbocycles. The number of benzene rings is 2. The van der Waals surface area contributed by atoms with Gasteiger partial charge in [-0.1, -0.05) is 37.3 Å². The Kier molecular flexibility index (Phi) is 7.16. The van der Waals surface area contributed by atoms with Crippen LogP contribution in [0, 0.1) is 13.8 Å². The number of thiocarbonyl (C=S) groups is 1. The Labute approximate surface area is 161 Å². The molecule has 26 heavy (non-hydrogen) atoms. The summed E-state index contributed by atoms with van der Waals surface area (Å²) in [7, 11) is 0. The Morgan fingerprint density at radius 1 is 1.12 bits per heavy atom. The molecule has 0 saturated heterocycles. The summed E-state index contributed by atoms with van der Waals surface area (Å²) < 4.78 is 5.07. The molecule has 5 heteroatoms. The molecule has 0 aliphatic heterocycles. The van der Waals surface area contributed by atoms with Crippen LogP contribution in [0.15, 0.2) is 42.5 Å². The van der Waals surface area contributed by atoms with Gasteiger partial charge in [0.15, 0.2) is 5.11 Å². The smallest absolute Gasteiger partial charge is 0.338 e. The molecule has 1 atom stereocenters. The predicted octanol–water partition coefficient (Wildman–Crippen LogP) is 4.92. The zero-order valence-corrected chi connectivity index (χ0v) is 16.6. The maximum atomic E-state index is 11.9. The van der Waals surface area contributed by atoms with Crippen LogP contribution in [0.1, 0.15) is 53.4 Å². The molecule has 0 amide bonds. The van der Waals surface area contributed by atoms with E-state index in [4.69, 9.17) is 17.0 Å². The Morgan fingerprint density at radius 2 is 1.85 bits per heavy atom. The van der Waals surface area contributed by atoms with Gasteiger partial charge in [-0.2, -0.15) is 0 Å². The summed E-state index contributed by atoms with van der Waals surface area (Å²) >= 11 is 5.50. The molecule has 2 aromatic carbocycles. The molecule has 2 aromatic rings. The minimum Gasteiger partial charge on any atom is -0.462 e. The van der Waals surface area contributed by atoms with Crippen molar-refractivity contribution in [2.24, 2.45) is 0 Å². The van der Waals surface area contributed by atoms with Crippen LogP contribution in [0.5, 0.6) is 0 Å². The average molecular weight is 371 g/mol. The van der Waals surface area contributed by atoms with Crippen LogP contribution < -0.4 is 10.6 Å². The second kappa shape index (κ2) is 9.34. The summed E-state index contributed by atoms with van der Waals surface area (Å²) in [5.41, 5.74) is 4.78. The normalized spacial score (nSPS) is 11.5. The number of carbonyl (C=O) groups excluding carboxylic acids is 1. The maximum Gasteiger partial charge on any atom is 0.338 e. The van der Waals surface area contributed by atoms with Crippen molar-refractivity contribution in [2.75, 3.05) is 11.9 Å². The van der Waals surface area contributed by atoms with Gasteiger partial charge < -0.3 is 15.4 Å². The van der Waals surface area contributed by atoms with E-state index in [-0.39, 0.29) is 12.0 Å². The highest BCUT2D eigenvalue weighted by Crippen LogP contribution is 2.22. The zero-order chi connectivity index (χ0) is 19.1. The van der Waals surface area contributed by atoms with E-state index in [1.54, 1.807) is 19.1 Å². The van der Waals surface area contributed by atoms with Crippen molar-refractivity contribution in [3.8, 4) is 0 Å². The predicted molar refractivity (Wildman–Crippen MR) is 111 cm³/mol. The second-order valence-corrected chi connectivity index (χ2v) is 6.57. The summed E-state index contributed by atoms with van der Waals surface area (Å²) in [6, 6.07) is 13.8. The third kappa shape index (κ3) is 5.05. The number of ether oxygens (including phenoxy) is 1. The largest absolute Gasteiger partial charge is 0.462 e. The first-order chi connectivity index (χ1) is 12.5. The quantitative estimate of drug-likeness (QED) is 0.558. The number of hydrogen-bond acceptors (Lipinski definition) is 3. The fourth-order valence-electron chi connectivity index (χ4n) is 2.79. The monoisotopic (exact) mass is 370 g/mol. The lowest BCUT2D eigenvalue weighted by atomic mass is 9.99. The van der Waals surface area contributed by atoms with Crippen molar-refractivity contribution in [2.45, 2.75) is 40.2 Å². The summed E-state index contributed by atoms with van der Waals surface area (Å²) in [5, 5.41) is 7.12. The minimum absolute atomic E-state index is 0.129. The van der Waals surface area contributed by atoms with Crippen LogP contribution in [0.2, 0.25) is 0 Å². The second-order valence-electron chi connectivity index (χ2n) is 6.17. The van der Waals surface area contributed by atoms with Crippen molar-refractivity contribution in [1.82, 2.24) is 5.32 Å². The minimum atomic E-state index is -0.333. The summed E-state index contributed by atoms with van der Waals surface area (Å²) in [5.74, 6) is -0.333.